The Bertz CT molecular complexity index is 802. The van der Waals surface area contributed by atoms with Crippen molar-refractivity contribution < 1.29 is 9.59 Å². The van der Waals surface area contributed by atoms with Crippen LogP contribution in [0.3, 0.4) is 0 Å². The summed E-state index contributed by atoms with van der Waals surface area (Å²) in [5.41, 5.74) is 6.91. The molecule has 0 aliphatic rings. The SMILES string of the molecule is CNC(=O)NCNC(=O)Nc1ccc(Cc2ccc(C)cc2C)c(C)c1. The molecular formula is C20H26N4O2. The van der Waals surface area contributed by atoms with Crippen molar-refractivity contribution in [3.05, 3.63) is 64.2 Å². The van der Waals surface area contributed by atoms with Gasteiger partial charge in [-0.3, -0.25) is 0 Å². The predicted molar refractivity (Wildman–Crippen MR) is 105 cm³/mol. The number of anilines is 1. The van der Waals surface area contributed by atoms with Gasteiger partial charge < -0.3 is 21.3 Å². The number of aryl methyl sites for hydroxylation is 3. The number of urea groups is 2. The van der Waals surface area contributed by atoms with Crippen LogP contribution in [0.1, 0.15) is 27.8 Å². The molecule has 6 nitrogen and oxygen atoms in total. The monoisotopic (exact) mass is 354 g/mol. The van der Waals surface area contributed by atoms with Gasteiger partial charge in [-0.2, -0.15) is 0 Å². The van der Waals surface area contributed by atoms with E-state index in [9.17, 15) is 9.59 Å². The molecule has 138 valence electrons. The maximum absolute atomic E-state index is 11.9. The molecule has 4 amide bonds. The zero-order chi connectivity index (χ0) is 19.1. The summed E-state index contributed by atoms with van der Waals surface area (Å²) in [6.45, 7) is 6.31. The van der Waals surface area contributed by atoms with Crippen LogP contribution < -0.4 is 21.3 Å². The van der Waals surface area contributed by atoms with Crippen LogP contribution in [0.25, 0.3) is 0 Å². The maximum atomic E-state index is 11.9. The van der Waals surface area contributed by atoms with Crippen LogP contribution in [0, 0.1) is 20.8 Å². The number of hydrogen-bond donors (Lipinski definition) is 4. The first kappa shape index (κ1) is 19.3. The van der Waals surface area contributed by atoms with Crippen molar-refractivity contribution in [1.82, 2.24) is 16.0 Å². The maximum Gasteiger partial charge on any atom is 0.320 e. The van der Waals surface area contributed by atoms with Gasteiger partial charge in [0.2, 0.25) is 0 Å². The molecule has 0 heterocycles. The average molecular weight is 354 g/mol. The van der Waals surface area contributed by atoms with Gasteiger partial charge >= 0.3 is 12.1 Å². The van der Waals surface area contributed by atoms with Crippen LogP contribution in [-0.2, 0) is 6.42 Å². The van der Waals surface area contributed by atoms with Gasteiger partial charge in [-0.25, -0.2) is 9.59 Å². The molecule has 2 aromatic rings. The standard InChI is InChI=1S/C20H26N4O2/c1-13-5-6-16(14(2)9-13)11-17-7-8-18(10-15(17)3)24-20(26)23-12-22-19(25)21-4/h5-10H,11-12H2,1-4H3,(H2,21,22,25)(H2,23,24,26). The quantitative estimate of drug-likeness (QED) is 0.622. The summed E-state index contributed by atoms with van der Waals surface area (Å²) in [7, 11) is 1.51. The molecule has 6 heteroatoms. The van der Waals surface area contributed by atoms with Crippen LogP contribution >= 0.6 is 0 Å². The first-order chi connectivity index (χ1) is 12.4. The molecule has 0 bridgehead atoms. The summed E-state index contributed by atoms with van der Waals surface area (Å²) >= 11 is 0. The minimum atomic E-state index is -0.372. The number of amides is 4. The predicted octanol–water partition coefficient (Wildman–Crippen LogP) is 3.21. The van der Waals surface area contributed by atoms with E-state index in [0.717, 1.165) is 12.0 Å². The lowest BCUT2D eigenvalue weighted by Gasteiger charge is -2.12. The van der Waals surface area contributed by atoms with E-state index in [4.69, 9.17) is 0 Å². The molecule has 2 aromatic carbocycles. The molecule has 0 radical (unpaired) electrons. The number of hydrogen-bond acceptors (Lipinski definition) is 2. The Labute approximate surface area is 154 Å². The number of carbonyl (C=O) groups excluding carboxylic acids is 2. The molecule has 0 aromatic heterocycles. The van der Waals surface area contributed by atoms with Crippen LogP contribution in [0.2, 0.25) is 0 Å². The third kappa shape index (κ3) is 5.51. The smallest absolute Gasteiger partial charge is 0.320 e. The molecule has 26 heavy (non-hydrogen) atoms. The summed E-state index contributed by atoms with van der Waals surface area (Å²) in [6, 6.07) is 11.6. The van der Waals surface area contributed by atoms with Gasteiger partial charge in [-0.1, -0.05) is 29.8 Å². The van der Waals surface area contributed by atoms with Crippen molar-refractivity contribution in [2.75, 3.05) is 19.0 Å². The second-order valence-corrected chi connectivity index (χ2v) is 6.31. The third-order valence-corrected chi connectivity index (χ3v) is 4.20. The van der Waals surface area contributed by atoms with E-state index in [1.165, 1.54) is 29.3 Å². The zero-order valence-electron chi connectivity index (χ0n) is 15.7. The van der Waals surface area contributed by atoms with Crippen molar-refractivity contribution in [3.63, 3.8) is 0 Å². The topological polar surface area (TPSA) is 82.3 Å². The fourth-order valence-corrected chi connectivity index (χ4v) is 2.69. The summed E-state index contributed by atoms with van der Waals surface area (Å²) in [5.74, 6) is 0. The molecule has 0 aliphatic carbocycles. The number of nitrogens with one attached hydrogen (secondary N) is 4. The summed E-state index contributed by atoms with van der Waals surface area (Å²) < 4.78 is 0. The lowest BCUT2D eigenvalue weighted by Crippen LogP contribution is -2.42. The van der Waals surface area contributed by atoms with Crippen molar-refractivity contribution in [2.24, 2.45) is 0 Å². The van der Waals surface area contributed by atoms with Gasteiger partial charge in [0, 0.05) is 12.7 Å². The molecule has 0 saturated heterocycles. The Morgan fingerprint density at radius 1 is 0.846 bits per heavy atom. The van der Waals surface area contributed by atoms with Crippen molar-refractivity contribution in [1.29, 1.82) is 0 Å². The first-order valence-corrected chi connectivity index (χ1v) is 8.55. The van der Waals surface area contributed by atoms with E-state index >= 15 is 0 Å². The molecule has 0 unspecified atom stereocenters. The number of rotatable bonds is 5. The highest BCUT2D eigenvalue weighted by Crippen LogP contribution is 2.20. The van der Waals surface area contributed by atoms with Gasteiger partial charge in [-0.05, 0) is 61.6 Å². The average Bonchev–Trinajstić information content (AvgIpc) is 2.59. The van der Waals surface area contributed by atoms with Gasteiger partial charge in [0.1, 0.15) is 0 Å². The molecule has 0 aliphatic heterocycles. The zero-order valence-corrected chi connectivity index (χ0v) is 15.7. The fraction of sp³-hybridized carbons (Fsp3) is 0.300. The fourth-order valence-electron chi connectivity index (χ4n) is 2.69. The number of benzene rings is 2. The minimum absolute atomic E-state index is 0.0509. The second kappa shape index (κ2) is 8.89. The van der Waals surface area contributed by atoms with Crippen LogP contribution in [0.15, 0.2) is 36.4 Å². The van der Waals surface area contributed by atoms with Crippen molar-refractivity contribution >= 4 is 17.7 Å². The highest BCUT2D eigenvalue weighted by molar-refractivity contribution is 5.89. The molecule has 0 atom stereocenters. The number of carbonyl (C=O) groups is 2. The molecule has 0 saturated carbocycles. The Hall–Kier alpha value is -3.02. The largest absolute Gasteiger partial charge is 0.341 e. The van der Waals surface area contributed by atoms with Crippen LogP contribution in [0.5, 0.6) is 0 Å². The molecule has 0 fully saturated rings. The van der Waals surface area contributed by atoms with E-state index in [2.05, 4.69) is 53.3 Å². The van der Waals surface area contributed by atoms with E-state index in [1.807, 2.05) is 25.1 Å². The Kier molecular flexibility index (Phi) is 6.60. The van der Waals surface area contributed by atoms with E-state index < -0.39 is 0 Å². The first-order valence-electron chi connectivity index (χ1n) is 8.55. The van der Waals surface area contributed by atoms with Gasteiger partial charge in [0.15, 0.2) is 0 Å². The van der Waals surface area contributed by atoms with Crippen LogP contribution in [0.4, 0.5) is 15.3 Å². The van der Waals surface area contributed by atoms with E-state index in [-0.39, 0.29) is 18.7 Å². The molecule has 0 spiro atoms. The van der Waals surface area contributed by atoms with Gasteiger partial charge in [0.25, 0.3) is 0 Å². The third-order valence-electron chi connectivity index (χ3n) is 4.20. The Balaban J connectivity index is 1.96. The molecule has 4 N–H and O–H groups in total. The van der Waals surface area contributed by atoms with Crippen molar-refractivity contribution in [2.45, 2.75) is 27.2 Å². The highest BCUT2D eigenvalue weighted by atomic mass is 16.2. The summed E-state index contributed by atoms with van der Waals surface area (Å²) in [5, 5.41) is 10.2. The lowest BCUT2D eigenvalue weighted by atomic mass is 9.96. The molecule has 2 rings (SSSR count). The normalized spacial score (nSPS) is 10.2. The highest BCUT2D eigenvalue weighted by Gasteiger charge is 2.07. The second-order valence-electron chi connectivity index (χ2n) is 6.31. The minimum Gasteiger partial charge on any atom is -0.341 e. The Morgan fingerprint density at radius 3 is 2.08 bits per heavy atom. The molecular weight excluding hydrogens is 328 g/mol. The lowest BCUT2D eigenvalue weighted by molar-refractivity contribution is 0.240. The van der Waals surface area contributed by atoms with E-state index in [1.54, 1.807) is 0 Å². The van der Waals surface area contributed by atoms with Crippen molar-refractivity contribution in [3.8, 4) is 0 Å². The van der Waals surface area contributed by atoms with Gasteiger partial charge in [-0.15, -0.1) is 0 Å². The summed E-state index contributed by atoms with van der Waals surface area (Å²) in [4.78, 5) is 22.9. The Morgan fingerprint density at radius 2 is 1.46 bits per heavy atom. The van der Waals surface area contributed by atoms with E-state index in [0.29, 0.717) is 5.69 Å². The van der Waals surface area contributed by atoms with Crippen LogP contribution in [-0.4, -0.2) is 25.8 Å². The van der Waals surface area contributed by atoms with Gasteiger partial charge in [0.05, 0.1) is 6.67 Å². The summed E-state index contributed by atoms with van der Waals surface area (Å²) in [6.07, 6.45) is 0.862.